The Balaban J connectivity index is 1.53. The number of piperazine rings is 1. The van der Waals surface area contributed by atoms with Crippen LogP contribution >= 0.6 is 0 Å². The van der Waals surface area contributed by atoms with Crippen molar-refractivity contribution in [3.8, 4) is 0 Å². The van der Waals surface area contributed by atoms with Gasteiger partial charge in [-0.25, -0.2) is 0 Å². The van der Waals surface area contributed by atoms with E-state index in [0.29, 0.717) is 26.1 Å². The van der Waals surface area contributed by atoms with Gasteiger partial charge in [0.15, 0.2) is 0 Å². The van der Waals surface area contributed by atoms with Crippen LogP contribution in [-0.2, 0) is 14.4 Å². The summed E-state index contributed by atoms with van der Waals surface area (Å²) in [6.07, 6.45) is 0.549. The fraction of sp³-hybridized carbons (Fsp3) is 0.500. The van der Waals surface area contributed by atoms with Crippen molar-refractivity contribution in [1.29, 1.82) is 0 Å². The van der Waals surface area contributed by atoms with Crippen molar-refractivity contribution in [3.63, 3.8) is 0 Å². The summed E-state index contributed by atoms with van der Waals surface area (Å²) in [4.78, 5) is 31.8. The Morgan fingerprint density at radius 1 is 1.23 bits per heavy atom. The minimum Gasteiger partial charge on any atom is -0.390 e. The van der Waals surface area contributed by atoms with Crippen LogP contribution in [0.2, 0.25) is 0 Å². The zero-order valence-corrected chi connectivity index (χ0v) is 14.9. The Morgan fingerprint density at radius 2 is 1.92 bits per heavy atom. The van der Waals surface area contributed by atoms with E-state index in [4.69, 9.17) is 9.94 Å². The quantitative estimate of drug-likeness (QED) is 0.768. The summed E-state index contributed by atoms with van der Waals surface area (Å²) in [5.41, 5.74) is 2.98. The molecule has 1 unspecified atom stereocenters. The summed E-state index contributed by atoms with van der Waals surface area (Å²) in [5.74, 6) is -0.291. The van der Waals surface area contributed by atoms with E-state index in [1.807, 2.05) is 24.3 Å². The normalized spacial score (nSPS) is 19.8. The van der Waals surface area contributed by atoms with Crippen LogP contribution in [0.1, 0.15) is 18.9 Å². The monoisotopic (exact) mass is 360 g/mol. The van der Waals surface area contributed by atoms with Gasteiger partial charge in [-0.3, -0.25) is 9.59 Å². The second-order valence-electron chi connectivity index (χ2n) is 6.48. The molecule has 8 heteroatoms. The lowest BCUT2D eigenvalue weighted by atomic mass is 10.0. The number of rotatable bonds is 5. The zero-order chi connectivity index (χ0) is 18.5. The number of aliphatic hydroxyl groups excluding tert-OH is 1. The number of aliphatic hydroxyl groups is 1. The molecule has 0 saturated carbocycles. The SMILES string of the molecule is CC(=O)NCC1CC(c2ccc(N3CCN(C(=O)CO)CC3)cc2)=NO1. The molecular weight excluding hydrogens is 336 g/mol. The van der Waals surface area contributed by atoms with Crippen LogP contribution in [-0.4, -0.2) is 73.0 Å². The topological polar surface area (TPSA) is 94.5 Å². The summed E-state index contributed by atoms with van der Waals surface area (Å²) in [5, 5.41) is 15.8. The largest absolute Gasteiger partial charge is 0.390 e. The van der Waals surface area contributed by atoms with Crippen molar-refractivity contribution in [2.45, 2.75) is 19.4 Å². The molecule has 8 nitrogen and oxygen atoms in total. The molecule has 2 amide bonds. The van der Waals surface area contributed by atoms with E-state index in [9.17, 15) is 9.59 Å². The van der Waals surface area contributed by atoms with E-state index in [1.54, 1.807) is 4.90 Å². The van der Waals surface area contributed by atoms with Crippen LogP contribution < -0.4 is 10.2 Å². The average molecular weight is 360 g/mol. The van der Waals surface area contributed by atoms with E-state index in [2.05, 4.69) is 15.4 Å². The number of nitrogens with zero attached hydrogens (tertiary/aromatic N) is 3. The molecule has 1 fully saturated rings. The van der Waals surface area contributed by atoms with Gasteiger partial charge in [-0.15, -0.1) is 0 Å². The molecule has 0 radical (unpaired) electrons. The number of carbonyl (C=O) groups is 2. The fourth-order valence-corrected chi connectivity index (χ4v) is 3.14. The van der Waals surface area contributed by atoms with Crippen LogP contribution in [0, 0.1) is 0 Å². The average Bonchev–Trinajstić information content (AvgIpc) is 3.15. The van der Waals surface area contributed by atoms with Crippen LogP contribution in [0.4, 0.5) is 5.69 Å². The molecule has 1 saturated heterocycles. The summed E-state index contributed by atoms with van der Waals surface area (Å²) in [7, 11) is 0. The van der Waals surface area contributed by atoms with Gasteiger partial charge in [-0.1, -0.05) is 17.3 Å². The van der Waals surface area contributed by atoms with Gasteiger partial charge in [0, 0.05) is 45.2 Å². The molecule has 0 aliphatic carbocycles. The molecule has 2 heterocycles. The van der Waals surface area contributed by atoms with E-state index in [1.165, 1.54) is 6.92 Å². The van der Waals surface area contributed by atoms with Gasteiger partial charge in [0.25, 0.3) is 0 Å². The molecule has 2 aliphatic heterocycles. The molecule has 3 rings (SSSR count). The van der Waals surface area contributed by atoms with Crippen LogP contribution in [0.15, 0.2) is 29.4 Å². The van der Waals surface area contributed by atoms with Crippen molar-refractivity contribution in [2.24, 2.45) is 5.16 Å². The smallest absolute Gasteiger partial charge is 0.248 e. The van der Waals surface area contributed by atoms with E-state index < -0.39 is 6.61 Å². The molecule has 2 N–H and O–H groups in total. The lowest BCUT2D eigenvalue weighted by Gasteiger charge is -2.35. The number of nitrogens with one attached hydrogen (secondary N) is 1. The first-order chi connectivity index (χ1) is 12.6. The number of anilines is 1. The van der Waals surface area contributed by atoms with Gasteiger partial charge in [0.05, 0.1) is 12.3 Å². The molecular formula is C18H24N4O4. The third-order valence-corrected chi connectivity index (χ3v) is 4.64. The molecule has 26 heavy (non-hydrogen) atoms. The maximum atomic E-state index is 11.5. The van der Waals surface area contributed by atoms with E-state index in [0.717, 1.165) is 30.1 Å². The van der Waals surface area contributed by atoms with Gasteiger partial charge < -0.3 is 25.1 Å². The number of carbonyl (C=O) groups excluding carboxylic acids is 2. The van der Waals surface area contributed by atoms with Crippen LogP contribution in [0.3, 0.4) is 0 Å². The second kappa shape index (κ2) is 8.18. The fourth-order valence-electron chi connectivity index (χ4n) is 3.14. The number of benzene rings is 1. The highest BCUT2D eigenvalue weighted by atomic mass is 16.6. The third-order valence-electron chi connectivity index (χ3n) is 4.64. The molecule has 1 atom stereocenters. The maximum absolute atomic E-state index is 11.5. The number of oxime groups is 1. The highest BCUT2D eigenvalue weighted by Gasteiger charge is 2.23. The Bertz CT molecular complexity index is 681. The molecule has 140 valence electrons. The predicted octanol–water partition coefficient (Wildman–Crippen LogP) is -0.0434. The molecule has 2 aliphatic rings. The van der Waals surface area contributed by atoms with Crippen LogP contribution in [0.25, 0.3) is 0 Å². The lowest BCUT2D eigenvalue weighted by Crippen LogP contribution is -2.49. The van der Waals surface area contributed by atoms with Gasteiger partial charge in [0.2, 0.25) is 11.8 Å². The first-order valence-corrected chi connectivity index (χ1v) is 8.78. The first kappa shape index (κ1) is 18.2. The summed E-state index contributed by atoms with van der Waals surface area (Å²) >= 11 is 0. The first-order valence-electron chi connectivity index (χ1n) is 8.78. The Hall–Kier alpha value is -2.61. The van der Waals surface area contributed by atoms with Crippen molar-refractivity contribution < 1.29 is 19.5 Å². The van der Waals surface area contributed by atoms with Crippen molar-refractivity contribution in [1.82, 2.24) is 10.2 Å². The summed E-state index contributed by atoms with van der Waals surface area (Å²) < 4.78 is 0. The highest BCUT2D eigenvalue weighted by molar-refractivity contribution is 6.01. The van der Waals surface area contributed by atoms with Crippen molar-refractivity contribution in [2.75, 3.05) is 44.2 Å². The molecule has 0 bridgehead atoms. The predicted molar refractivity (Wildman–Crippen MR) is 97.0 cm³/mol. The Kier molecular flexibility index (Phi) is 5.72. The minimum absolute atomic E-state index is 0.0767. The highest BCUT2D eigenvalue weighted by Crippen LogP contribution is 2.21. The van der Waals surface area contributed by atoms with E-state index in [-0.39, 0.29) is 17.9 Å². The van der Waals surface area contributed by atoms with Gasteiger partial charge in [-0.2, -0.15) is 0 Å². The maximum Gasteiger partial charge on any atom is 0.248 e. The number of hydrogen-bond acceptors (Lipinski definition) is 6. The number of hydrogen-bond donors (Lipinski definition) is 2. The molecule has 0 aromatic heterocycles. The Morgan fingerprint density at radius 3 is 2.54 bits per heavy atom. The lowest BCUT2D eigenvalue weighted by molar-refractivity contribution is -0.134. The Labute approximate surface area is 152 Å². The standard InChI is InChI=1S/C18H24N4O4/c1-13(24)19-11-16-10-17(20-26-16)14-2-4-15(5-3-14)21-6-8-22(9-7-21)18(25)12-23/h2-5,16,23H,6-12H2,1H3,(H,19,24). The minimum atomic E-state index is -0.429. The zero-order valence-electron chi connectivity index (χ0n) is 14.9. The summed E-state index contributed by atoms with van der Waals surface area (Å²) in [6, 6.07) is 8.12. The van der Waals surface area contributed by atoms with Gasteiger partial charge in [-0.05, 0) is 17.7 Å². The number of amides is 2. The molecule has 1 aromatic carbocycles. The van der Waals surface area contributed by atoms with E-state index >= 15 is 0 Å². The third kappa shape index (κ3) is 4.32. The van der Waals surface area contributed by atoms with Crippen LogP contribution in [0.5, 0.6) is 0 Å². The van der Waals surface area contributed by atoms with Gasteiger partial charge in [0.1, 0.15) is 12.7 Å². The molecule has 1 aromatic rings. The molecule has 0 spiro atoms. The van der Waals surface area contributed by atoms with Gasteiger partial charge >= 0.3 is 0 Å². The summed E-state index contributed by atoms with van der Waals surface area (Å²) in [6.45, 7) is 4.23. The second-order valence-corrected chi connectivity index (χ2v) is 6.48. The van der Waals surface area contributed by atoms with Crippen molar-refractivity contribution >= 4 is 23.2 Å². The van der Waals surface area contributed by atoms with Crippen molar-refractivity contribution in [3.05, 3.63) is 29.8 Å².